The predicted molar refractivity (Wildman–Crippen MR) is 95.1 cm³/mol. The Morgan fingerprint density at radius 2 is 1.71 bits per heavy atom. The third-order valence-corrected chi connectivity index (χ3v) is 4.06. The van der Waals surface area contributed by atoms with Crippen molar-refractivity contribution < 1.29 is 4.39 Å². The van der Waals surface area contributed by atoms with Crippen molar-refractivity contribution in [2.45, 2.75) is 13.8 Å². The van der Waals surface area contributed by atoms with Crippen LogP contribution >= 0.6 is 0 Å². The molecule has 0 atom stereocenters. The molecule has 0 aliphatic heterocycles. The molecule has 3 rings (SSSR count). The van der Waals surface area contributed by atoms with Crippen LogP contribution in [0, 0.1) is 31.0 Å². The van der Waals surface area contributed by atoms with E-state index in [0.717, 1.165) is 28.2 Å². The van der Waals surface area contributed by atoms with Crippen molar-refractivity contribution in [3.63, 3.8) is 0 Å². The minimum atomic E-state index is -0.253. The van der Waals surface area contributed by atoms with Crippen LogP contribution in [0.5, 0.6) is 0 Å². The Kier molecular flexibility index (Phi) is 4.31. The van der Waals surface area contributed by atoms with Crippen LogP contribution in [0.2, 0.25) is 0 Å². The molecule has 0 aliphatic rings. The average Bonchev–Trinajstić information content (AvgIpc) is 2.88. The molecule has 0 radical (unpaired) electrons. The largest absolute Gasteiger partial charge is 0.318 e. The van der Waals surface area contributed by atoms with Crippen LogP contribution in [0.1, 0.15) is 22.5 Å². The van der Waals surface area contributed by atoms with E-state index in [-0.39, 0.29) is 5.82 Å². The Morgan fingerprint density at radius 3 is 2.33 bits per heavy atom. The number of benzene rings is 2. The van der Waals surface area contributed by atoms with Crippen molar-refractivity contribution >= 4 is 11.6 Å². The van der Waals surface area contributed by atoms with Gasteiger partial charge in [0.1, 0.15) is 5.82 Å². The van der Waals surface area contributed by atoms with Crippen LogP contribution in [0.4, 0.5) is 4.39 Å². The van der Waals surface area contributed by atoms with Crippen LogP contribution in [0.25, 0.3) is 17.3 Å². The molecule has 3 heteroatoms. The van der Waals surface area contributed by atoms with Crippen molar-refractivity contribution in [3.05, 3.63) is 89.0 Å². The van der Waals surface area contributed by atoms with E-state index in [1.54, 1.807) is 12.1 Å². The van der Waals surface area contributed by atoms with Gasteiger partial charge in [-0.3, -0.25) is 0 Å². The number of hydrogen-bond acceptors (Lipinski definition) is 1. The lowest BCUT2D eigenvalue weighted by Crippen LogP contribution is -1.99. The Labute approximate surface area is 141 Å². The second-order valence-corrected chi connectivity index (χ2v) is 5.67. The fourth-order valence-corrected chi connectivity index (χ4v) is 2.87. The van der Waals surface area contributed by atoms with Crippen molar-refractivity contribution in [1.29, 1.82) is 5.26 Å². The summed E-state index contributed by atoms with van der Waals surface area (Å²) in [5, 5.41) is 9.49. The molecule has 118 valence electrons. The van der Waals surface area contributed by atoms with Crippen LogP contribution in [0.3, 0.4) is 0 Å². The fourth-order valence-electron chi connectivity index (χ4n) is 2.87. The van der Waals surface area contributed by atoms with Gasteiger partial charge in [-0.2, -0.15) is 5.26 Å². The molecule has 3 aromatic rings. The summed E-state index contributed by atoms with van der Waals surface area (Å²) < 4.78 is 15.2. The molecule has 0 bridgehead atoms. The number of hydrogen-bond donors (Lipinski definition) is 0. The zero-order valence-electron chi connectivity index (χ0n) is 13.6. The quantitative estimate of drug-likeness (QED) is 0.603. The molecule has 0 saturated carbocycles. The van der Waals surface area contributed by atoms with Gasteiger partial charge in [-0.25, -0.2) is 4.39 Å². The summed E-state index contributed by atoms with van der Waals surface area (Å²) in [6.45, 7) is 4.00. The molecule has 0 N–H and O–H groups in total. The number of allylic oxidation sites excluding steroid dienone is 1. The monoisotopic (exact) mass is 316 g/mol. The topological polar surface area (TPSA) is 28.7 Å². The van der Waals surface area contributed by atoms with E-state index in [1.807, 2.05) is 56.3 Å². The van der Waals surface area contributed by atoms with E-state index in [1.165, 1.54) is 12.1 Å². The highest BCUT2D eigenvalue weighted by Crippen LogP contribution is 2.25. The lowest BCUT2D eigenvalue weighted by Gasteiger charge is -2.09. The van der Waals surface area contributed by atoms with Crippen molar-refractivity contribution in [3.8, 4) is 11.8 Å². The molecule has 0 fully saturated rings. The number of nitriles is 1. The standard InChI is InChI=1S/C21H17FN2/c1-15-12-18(13-19(14-23)17-6-4-3-5-7-17)16(2)24(15)21-10-8-20(22)9-11-21/h3-13H,1-2H3. The van der Waals surface area contributed by atoms with E-state index in [9.17, 15) is 9.65 Å². The summed E-state index contributed by atoms with van der Waals surface area (Å²) >= 11 is 0. The highest BCUT2D eigenvalue weighted by Gasteiger charge is 2.11. The van der Waals surface area contributed by atoms with Gasteiger partial charge in [-0.05, 0) is 61.4 Å². The summed E-state index contributed by atoms with van der Waals surface area (Å²) in [7, 11) is 0. The van der Waals surface area contributed by atoms with Gasteiger partial charge in [-0.1, -0.05) is 30.3 Å². The van der Waals surface area contributed by atoms with E-state index in [0.29, 0.717) is 5.57 Å². The Morgan fingerprint density at radius 1 is 1.04 bits per heavy atom. The maximum absolute atomic E-state index is 13.2. The molecule has 24 heavy (non-hydrogen) atoms. The molecular formula is C21H17FN2. The third kappa shape index (κ3) is 3.00. The highest BCUT2D eigenvalue weighted by atomic mass is 19.1. The van der Waals surface area contributed by atoms with E-state index >= 15 is 0 Å². The SMILES string of the molecule is Cc1cc(C=C(C#N)c2ccccc2)c(C)n1-c1ccc(F)cc1. The van der Waals surface area contributed by atoms with Crippen molar-refractivity contribution in [2.75, 3.05) is 0 Å². The zero-order chi connectivity index (χ0) is 17.1. The van der Waals surface area contributed by atoms with Gasteiger partial charge in [0.2, 0.25) is 0 Å². The van der Waals surface area contributed by atoms with Crippen LogP contribution in [0.15, 0.2) is 60.7 Å². The number of nitrogens with zero attached hydrogens (tertiary/aromatic N) is 2. The number of aryl methyl sites for hydroxylation is 1. The maximum Gasteiger partial charge on any atom is 0.123 e. The minimum Gasteiger partial charge on any atom is -0.318 e. The van der Waals surface area contributed by atoms with Gasteiger partial charge in [0, 0.05) is 17.1 Å². The first-order valence-electron chi connectivity index (χ1n) is 7.72. The first-order valence-corrected chi connectivity index (χ1v) is 7.72. The fraction of sp³-hybridized carbons (Fsp3) is 0.0952. The molecule has 2 aromatic carbocycles. The van der Waals surface area contributed by atoms with Gasteiger partial charge in [0.05, 0.1) is 11.6 Å². The molecule has 0 amide bonds. The smallest absolute Gasteiger partial charge is 0.123 e. The lowest BCUT2D eigenvalue weighted by molar-refractivity contribution is 0.627. The first kappa shape index (κ1) is 15.8. The van der Waals surface area contributed by atoms with Gasteiger partial charge in [0.25, 0.3) is 0 Å². The first-order chi connectivity index (χ1) is 11.6. The lowest BCUT2D eigenvalue weighted by atomic mass is 10.0. The van der Waals surface area contributed by atoms with Gasteiger partial charge in [0.15, 0.2) is 0 Å². The van der Waals surface area contributed by atoms with Gasteiger partial charge in [-0.15, -0.1) is 0 Å². The second kappa shape index (κ2) is 6.55. The molecule has 2 nitrogen and oxygen atoms in total. The van der Waals surface area contributed by atoms with Gasteiger partial charge >= 0.3 is 0 Å². The summed E-state index contributed by atoms with van der Waals surface area (Å²) in [5.74, 6) is -0.253. The Bertz CT molecular complexity index is 926. The number of aromatic nitrogens is 1. The van der Waals surface area contributed by atoms with Crippen LogP contribution < -0.4 is 0 Å². The molecule has 1 aromatic heterocycles. The van der Waals surface area contributed by atoms with Crippen molar-refractivity contribution in [1.82, 2.24) is 4.57 Å². The van der Waals surface area contributed by atoms with E-state index in [2.05, 4.69) is 10.6 Å². The molecule has 0 unspecified atom stereocenters. The normalized spacial score (nSPS) is 11.3. The molecular weight excluding hydrogens is 299 g/mol. The molecule has 1 heterocycles. The Balaban J connectivity index is 2.08. The van der Waals surface area contributed by atoms with E-state index < -0.39 is 0 Å². The van der Waals surface area contributed by atoms with E-state index in [4.69, 9.17) is 0 Å². The summed E-state index contributed by atoms with van der Waals surface area (Å²) in [6.07, 6.45) is 1.90. The minimum absolute atomic E-state index is 0.253. The molecule has 0 spiro atoms. The summed E-state index contributed by atoms with van der Waals surface area (Å²) in [6, 6.07) is 20.3. The molecule has 0 saturated heterocycles. The van der Waals surface area contributed by atoms with Crippen LogP contribution in [-0.4, -0.2) is 4.57 Å². The Hall–Kier alpha value is -3.12. The van der Waals surface area contributed by atoms with Crippen molar-refractivity contribution in [2.24, 2.45) is 0 Å². The zero-order valence-corrected chi connectivity index (χ0v) is 13.6. The predicted octanol–water partition coefficient (Wildman–Crippen LogP) is 5.30. The average molecular weight is 316 g/mol. The summed E-state index contributed by atoms with van der Waals surface area (Å²) in [4.78, 5) is 0. The second-order valence-electron chi connectivity index (χ2n) is 5.67. The number of halogens is 1. The third-order valence-electron chi connectivity index (χ3n) is 4.06. The molecule has 0 aliphatic carbocycles. The summed E-state index contributed by atoms with van der Waals surface area (Å²) in [5.41, 5.74) is 5.46. The van der Waals surface area contributed by atoms with Crippen LogP contribution in [-0.2, 0) is 0 Å². The number of rotatable bonds is 3. The maximum atomic E-state index is 13.2. The van der Waals surface area contributed by atoms with Gasteiger partial charge < -0.3 is 4.57 Å². The highest BCUT2D eigenvalue weighted by molar-refractivity contribution is 5.90.